The van der Waals surface area contributed by atoms with E-state index in [9.17, 15) is 5.11 Å². The summed E-state index contributed by atoms with van der Waals surface area (Å²) in [6, 6.07) is 8.46. The van der Waals surface area contributed by atoms with Gasteiger partial charge in [0.15, 0.2) is 0 Å². The Bertz CT molecular complexity index is 311. The smallest absolute Gasteiger partial charge is 0.0741 e. The van der Waals surface area contributed by atoms with Gasteiger partial charge in [0.25, 0.3) is 0 Å². The third kappa shape index (κ3) is 1.90. The minimum Gasteiger partial charge on any atom is -0.391 e. The first kappa shape index (κ1) is 9.53. The van der Waals surface area contributed by atoms with Gasteiger partial charge in [-0.25, -0.2) is 0 Å². The van der Waals surface area contributed by atoms with E-state index in [1.54, 1.807) is 0 Å². The summed E-state index contributed by atoms with van der Waals surface area (Å²) < 4.78 is 0. The van der Waals surface area contributed by atoms with E-state index in [1.165, 1.54) is 5.56 Å². The van der Waals surface area contributed by atoms with E-state index in [4.69, 9.17) is 0 Å². The molecular weight excluding hydrogens is 174 g/mol. The number of benzene rings is 1. The summed E-state index contributed by atoms with van der Waals surface area (Å²) in [5.41, 5.74) is 2.39. The van der Waals surface area contributed by atoms with Crippen molar-refractivity contribution >= 4 is 5.69 Å². The van der Waals surface area contributed by atoms with E-state index in [2.05, 4.69) is 24.4 Å². The lowest BCUT2D eigenvalue weighted by Gasteiger charge is -2.19. The van der Waals surface area contributed by atoms with Crippen LogP contribution in [0.3, 0.4) is 0 Å². The highest BCUT2D eigenvalue weighted by molar-refractivity contribution is 5.51. The highest BCUT2D eigenvalue weighted by atomic mass is 16.3. The maximum Gasteiger partial charge on any atom is 0.0741 e. The van der Waals surface area contributed by atoms with Crippen molar-refractivity contribution in [1.29, 1.82) is 0 Å². The predicted octanol–water partition coefficient (Wildman–Crippen LogP) is 2.32. The highest BCUT2D eigenvalue weighted by Crippen LogP contribution is 2.24. The zero-order valence-electron chi connectivity index (χ0n) is 8.53. The summed E-state index contributed by atoms with van der Waals surface area (Å²) in [7, 11) is 0. The number of nitrogens with one attached hydrogen (secondary N) is 1. The van der Waals surface area contributed by atoms with E-state index in [-0.39, 0.29) is 12.1 Å². The standard InChI is InChI=1S/C12H17NO/c1-9-5-2-3-6-10(9)13-11-7-4-8-12(11)14/h2-3,5-6,11-14H,4,7-8H2,1H3/t11-,12+/m1/s1. The van der Waals surface area contributed by atoms with Crippen LogP contribution in [0.15, 0.2) is 24.3 Å². The van der Waals surface area contributed by atoms with Gasteiger partial charge in [-0.1, -0.05) is 18.2 Å². The monoisotopic (exact) mass is 191 g/mol. The SMILES string of the molecule is Cc1ccccc1N[C@@H]1CCC[C@@H]1O. The van der Waals surface area contributed by atoms with Crippen molar-refractivity contribution in [2.75, 3.05) is 5.32 Å². The summed E-state index contributed by atoms with van der Waals surface area (Å²) in [5.74, 6) is 0. The molecule has 0 saturated heterocycles. The summed E-state index contributed by atoms with van der Waals surface area (Å²) in [4.78, 5) is 0. The van der Waals surface area contributed by atoms with Gasteiger partial charge in [-0.3, -0.25) is 0 Å². The molecule has 0 unspecified atom stereocenters. The number of hydrogen-bond donors (Lipinski definition) is 2. The Balaban J connectivity index is 2.07. The molecule has 0 radical (unpaired) electrons. The molecule has 2 heteroatoms. The van der Waals surface area contributed by atoms with Crippen LogP contribution in [0.5, 0.6) is 0 Å². The van der Waals surface area contributed by atoms with Crippen LogP contribution < -0.4 is 5.32 Å². The quantitative estimate of drug-likeness (QED) is 0.752. The molecule has 1 aliphatic carbocycles. The van der Waals surface area contributed by atoms with Gasteiger partial charge < -0.3 is 10.4 Å². The Kier molecular flexibility index (Phi) is 2.73. The van der Waals surface area contributed by atoms with Crippen LogP contribution in [0, 0.1) is 6.92 Å². The van der Waals surface area contributed by atoms with Gasteiger partial charge in [-0.2, -0.15) is 0 Å². The molecule has 2 rings (SSSR count). The third-order valence-corrected chi connectivity index (χ3v) is 2.97. The van der Waals surface area contributed by atoms with Crippen LogP contribution in [-0.2, 0) is 0 Å². The molecule has 2 N–H and O–H groups in total. The van der Waals surface area contributed by atoms with E-state index in [1.807, 2.05) is 12.1 Å². The Labute approximate surface area is 85.0 Å². The average Bonchev–Trinajstić information content (AvgIpc) is 2.56. The summed E-state index contributed by atoms with van der Waals surface area (Å²) >= 11 is 0. The molecule has 0 aromatic heterocycles. The van der Waals surface area contributed by atoms with E-state index >= 15 is 0 Å². The maximum atomic E-state index is 9.68. The molecule has 1 aromatic rings. The molecule has 2 nitrogen and oxygen atoms in total. The lowest BCUT2D eigenvalue weighted by molar-refractivity contribution is 0.172. The molecule has 2 atom stereocenters. The lowest BCUT2D eigenvalue weighted by Crippen LogP contribution is -2.28. The van der Waals surface area contributed by atoms with Crippen molar-refractivity contribution in [3.63, 3.8) is 0 Å². The summed E-state index contributed by atoms with van der Waals surface area (Å²) in [5, 5.41) is 13.1. The molecule has 0 heterocycles. The third-order valence-electron chi connectivity index (χ3n) is 2.97. The van der Waals surface area contributed by atoms with Crippen molar-refractivity contribution in [3.8, 4) is 0 Å². The molecular formula is C12H17NO. The van der Waals surface area contributed by atoms with Crippen molar-refractivity contribution in [3.05, 3.63) is 29.8 Å². The second kappa shape index (κ2) is 4.01. The van der Waals surface area contributed by atoms with Crippen LogP contribution >= 0.6 is 0 Å². The van der Waals surface area contributed by atoms with E-state index in [0.29, 0.717) is 0 Å². The Morgan fingerprint density at radius 1 is 1.29 bits per heavy atom. The fourth-order valence-electron chi connectivity index (χ4n) is 2.04. The molecule has 0 spiro atoms. The molecule has 14 heavy (non-hydrogen) atoms. The summed E-state index contributed by atoms with van der Waals surface area (Å²) in [6.45, 7) is 2.09. The zero-order valence-corrected chi connectivity index (χ0v) is 8.53. The number of para-hydroxylation sites is 1. The van der Waals surface area contributed by atoms with Gasteiger partial charge in [-0.15, -0.1) is 0 Å². The van der Waals surface area contributed by atoms with Gasteiger partial charge in [0.05, 0.1) is 12.1 Å². The minimum atomic E-state index is -0.172. The molecule has 1 saturated carbocycles. The maximum absolute atomic E-state index is 9.68. The molecule has 76 valence electrons. The first-order chi connectivity index (χ1) is 6.77. The molecule has 1 fully saturated rings. The number of rotatable bonds is 2. The number of aryl methyl sites for hydroxylation is 1. The predicted molar refractivity (Wildman–Crippen MR) is 58.4 cm³/mol. The van der Waals surface area contributed by atoms with Crippen LogP contribution in [-0.4, -0.2) is 17.3 Å². The van der Waals surface area contributed by atoms with Crippen LogP contribution in [0.2, 0.25) is 0 Å². The van der Waals surface area contributed by atoms with Gasteiger partial charge in [0, 0.05) is 5.69 Å². The topological polar surface area (TPSA) is 32.3 Å². The summed E-state index contributed by atoms with van der Waals surface area (Å²) in [6.07, 6.45) is 2.97. The molecule has 0 aliphatic heterocycles. The van der Waals surface area contributed by atoms with Gasteiger partial charge >= 0.3 is 0 Å². The Morgan fingerprint density at radius 2 is 2.07 bits per heavy atom. The molecule has 1 aromatic carbocycles. The van der Waals surface area contributed by atoms with E-state index < -0.39 is 0 Å². The second-order valence-corrected chi connectivity index (χ2v) is 4.06. The number of aliphatic hydroxyl groups excluding tert-OH is 1. The zero-order chi connectivity index (χ0) is 9.97. The first-order valence-electron chi connectivity index (χ1n) is 5.27. The van der Waals surface area contributed by atoms with Gasteiger partial charge in [0.2, 0.25) is 0 Å². The fraction of sp³-hybridized carbons (Fsp3) is 0.500. The van der Waals surface area contributed by atoms with Crippen molar-refractivity contribution in [2.45, 2.75) is 38.3 Å². The number of hydrogen-bond acceptors (Lipinski definition) is 2. The minimum absolute atomic E-state index is 0.172. The average molecular weight is 191 g/mol. The first-order valence-corrected chi connectivity index (χ1v) is 5.27. The normalized spacial score (nSPS) is 26.4. The van der Waals surface area contributed by atoms with Crippen molar-refractivity contribution in [1.82, 2.24) is 0 Å². The molecule has 0 bridgehead atoms. The Morgan fingerprint density at radius 3 is 2.71 bits per heavy atom. The Hall–Kier alpha value is -1.02. The number of anilines is 1. The van der Waals surface area contributed by atoms with Gasteiger partial charge in [-0.05, 0) is 37.8 Å². The van der Waals surface area contributed by atoms with Crippen molar-refractivity contribution < 1.29 is 5.11 Å². The van der Waals surface area contributed by atoms with Crippen LogP contribution in [0.25, 0.3) is 0 Å². The van der Waals surface area contributed by atoms with Crippen LogP contribution in [0.4, 0.5) is 5.69 Å². The van der Waals surface area contributed by atoms with Gasteiger partial charge in [0.1, 0.15) is 0 Å². The van der Waals surface area contributed by atoms with E-state index in [0.717, 1.165) is 24.9 Å². The molecule has 1 aliphatic rings. The number of aliphatic hydroxyl groups is 1. The fourth-order valence-corrected chi connectivity index (χ4v) is 2.04. The largest absolute Gasteiger partial charge is 0.391 e. The second-order valence-electron chi connectivity index (χ2n) is 4.06. The highest BCUT2D eigenvalue weighted by Gasteiger charge is 2.24. The van der Waals surface area contributed by atoms with Crippen molar-refractivity contribution in [2.24, 2.45) is 0 Å². The molecule has 0 amide bonds. The lowest BCUT2D eigenvalue weighted by atomic mass is 10.1. The van der Waals surface area contributed by atoms with Crippen LogP contribution in [0.1, 0.15) is 24.8 Å².